The smallest absolute Gasteiger partial charge is 0.411 e. The fourth-order valence-corrected chi connectivity index (χ4v) is 3.16. The molecule has 1 aliphatic rings. The van der Waals surface area contributed by atoms with Crippen LogP contribution in [0.5, 0.6) is 0 Å². The quantitative estimate of drug-likeness (QED) is 0.201. The maximum absolute atomic E-state index is 11.7. The molecule has 0 unspecified atom stereocenters. The fourth-order valence-electron chi connectivity index (χ4n) is 3.16. The predicted molar refractivity (Wildman–Crippen MR) is 115 cm³/mol. The minimum Gasteiger partial charge on any atom is -0.528 e. The standard InChI is InChI=1S/C21H27BNO9/c1-5-6-7-8-12-16(21(2,3)4)30-22(14-10-9-11-15(13-14)23(28)29)31-17(19(24)25)18(32-22)20(26)27/h9-11,13,16-18H,5-7H2,1-4H3,(H,24,25)(H,26,27)/q-1/t16-,17+,18+/m0/s1. The molecule has 1 saturated heterocycles. The number of carbonyl (C=O) groups is 2. The van der Waals surface area contributed by atoms with Crippen LogP contribution in [0.4, 0.5) is 5.69 Å². The molecule has 1 heterocycles. The van der Waals surface area contributed by atoms with Crippen molar-refractivity contribution in [2.24, 2.45) is 5.41 Å². The third-order valence-corrected chi connectivity index (χ3v) is 4.89. The van der Waals surface area contributed by atoms with Gasteiger partial charge >= 0.3 is 18.7 Å². The van der Waals surface area contributed by atoms with Gasteiger partial charge in [0.1, 0.15) is 12.2 Å². The summed E-state index contributed by atoms with van der Waals surface area (Å²) in [5.41, 5.74) is -0.896. The van der Waals surface area contributed by atoms with Crippen LogP contribution in [0.3, 0.4) is 0 Å². The van der Waals surface area contributed by atoms with E-state index in [-0.39, 0.29) is 11.2 Å². The number of benzene rings is 1. The number of nitrogens with zero attached hydrogens (tertiary/aromatic N) is 1. The molecule has 0 radical (unpaired) electrons. The summed E-state index contributed by atoms with van der Waals surface area (Å²) in [5, 5.41) is 30.3. The van der Waals surface area contributed by atoms with Gasteiger partial charge in [-0.15, -0.1) is 11.4 Å². The van der Waals surface area contributed by atoms with E-state index in [2.05, 4.69) is 11.8 Å². The Morgan fingerprint density at radius 2 is 1.84 bits per heavy atom. The number of carboxylic acid groups (broad SMARTS) is 2. The Morgan fingerprint density at radius 1 is 1.25 bits per heavy atom. The van der Waals surface area contributed by atoms with E-state index in [4.69, 9.17) is 14.0 Å². The van der Waals surface area contributed by atoms with E-state index in [1.165, 1.54) is 18.2 Å². The van der Waals surface area contributed by atoms with Gasteiger partial charge in [-0.1, -0.05) is 52.2 Å². The van der Waals surface area contributed by atoms with Crippen LogP contribution in [0, 0.1) is 27.4 Å². The van der Waals surface area contributed by atoms with Gasteiger partial charge in [-0.05, 0) is 17.9 Å². The van der Waals surface area contributed by atoms with E-state index in [1.54, 1.807) is 0 Å². The molecular weight excluding hydrogens is 421 g/mol. The van der Waals surface area contributed by atoms with E-state index >= 15 is 0 Å². The first kappa shape index (κ1) is 25.3. The highest BCUT2D eigenvalue weighted by molar-refractivity contribution is 6.76. The molecule has 3 atom stereocenters. The van der Waals surface area contributed by atoms with Gasteiger partial charge in [-0.2, -0.15) is 0 Å². The van der Waals surface area contributed by atoms with Crippen molar-refractivity contribution in [3.05, 3.63) is 34.4 Å². The molecule has 32 heavy (non-hydrogen) atoms. The van der Waals surface area contributed by atoms with Crippen LogP contribution in [0.2, 0.25) is 0 Å². The van der Waals surface area contributed by atoms with Crippen LogP contribution in [0.15, 0.2) is 24.3 Å². The van der Waals surface area contributed by atoms with E-state index in [9.17, 15) is 29.9 Å². The van der Waals surface area contributed by atoms with Crippen molar-refractivity contribution >= 4 is 29.8 Å². The zero-order valence-corrected chi connectivity index (χ0v) is 18.4. The Labute approximate surface area is 186 Å². The highest BCUT2D eigenvalue weighted by Crippen LogP contribution is 2.33. The number of non-ortho nitro benzene ring substituents is 1. The Kier molecular flexibility index (Phi) is 8.01. The van der Waals surface area contributed by atoms with Gasteiger partial charge in [0.25, 0.3) is 5.69 Å². The highest BCUT2D eigenvalue weighted by atomic mass is 16.8. The van der Waals surface area contributed by atoms with Crippen LogP contribution >= 0.6 is 0 Å². The molecule has 2 N–H and O–H groups in total. The lowest BCUT2D eigenvalue weighted by Gasteiger charge is -2.42. The maximum atomic E-state index is 11.7. The Balaban J connectivity index is 2.59. The van der Waals surface area contributed by atoms with Crippen molar-refractivity contribution in [2.75, 3.05) is 0 Å². The van der Waals surface area contributed by atoms with Crippen molar-refractivity contribution in [3.63, 3.8) is 0 Å². The molecule has 10 nitrogen and oxygen atoms in total. The SMILES string of the molecule is CCCCC#C[C@H](O[B-]1(c2cccc([N+](=O)[O-])c2)O[C@@H](C(=O)O)[C@H](C(=O)O)O1)C(C)(C)C. The fraction of sp³-hybridized carbons (Fsp3) is 0.524. The molecule has 0 aromatic heterocycles. The second-order valence-corrected chi connectivity index (χ2v) is 8.59. The second kappa shape index (κ2) is 10.1. The summed E-state index contributed by atoms with van der Waals surface area (Å²) in [6.45, 7) is 4.34. The minimum absolute atomic E-state index is 0.0128. The average molecular weight is 448 g/mol. The number of hydrogen-bond donors (Lipinski definition) is 2. The maximum Gasteiger partial charge on any atom is 0.411 e. The van der Waals surface area contributed by atoms with Gasteiger partial charge in [0.05, 0.1) is 11.0 Å². The molecule has 0 amide bonds. The number of unbranched alkanes of at least 4 members (excludes halogenated alkanes) is 2. The Bertz CT molecular complexity index is 909. The zero-order chi connectivity index (χ0) is 24.1. The number of carboxylic acids is 2. The molecular formula is C21H27BNO9-. The highest BCUT2D eigenvalue weighted by Gasteiger charge is 2.52. The van der Waals surface area contributed by atoms with Gasteiger partial charge in [0.15, 0.2) is 0 Å². The summed E-state index contributed by atoms with van der Waals surface area (Å²) < 4.78 is 17.3. The van der Waals surface area contributed by atoms with Crippen molar-refractivity contribution in [2.45, 2.75) is 65.3 Å². The molecule has 174 valence electrons. The predicted octanol–water partition coefficient (Wildman–Crippen LogP) is 2.32. The number of nitro groups is 1. The molecule has 1 aliphatic heterocycles. The molecule has 0 spiro atoms. The Morgan fingerprint density at radius 3 is 2.31 bits per heavy atom. The lowest BCUT2D eigenvalue weighted by atomic mass is 9.68. The van der Waals surface area contributed by atoms with Crippen LogP contribution in [-0.4, -0.2) is 52.1 Å². The second-order valence-electron chi connectivity index (χ2n) is 8.59. The first-order valence-corrected chi connectivity index (χ1v) is 10.3. The topological polar surface area (TPSA) is 145 Å². The zero-order valence-electron chi connectivity index (χ0n) is 18.4. The number of rotatable bonds is 8. The first-order valence-electron chi connectivity index (χ1n) is 10.3. The number of nitro benzene ring substituents is 1. The average Bonchev–Trinajstić information content (AvgIpc) is 3.11. The molecule has 11 heteroatoms. The molecule has 1 fully saturated rings. The van der Waals surface area contributed by atoms with Crippen molar-refractivity contribution < 1.29 is 38.7 Å². The molecule has 1 aromatic carbocycles. The largest absolute Gasteiger partial charge is 0.528 e. The third-order valence-electron chi connectivity index (χ3n) is 4.89. The monoisotopic (exact) mass is 448 g/mol. The molecule has 1 aromatic rings. The van der Waals surface area contributed by atoms with E-state index in [0.29, 0.717) is 6.42 Å². The van der Waals surface area contributed by atoms with Crippen LogP contribution < -0.4 is 5.46 Å². The molecule has 2 rings (SSSR count). The van der Waals surface area contributed by atoms with Crippen molar-refractivity contribution in [3.8, 4) is 11.8 Å². The first-order chi connectivity index (χ1) is 14.9. The van der Waals surface area contributed by atoms with Crippen LogP contribution in [0.25, 0.3) is 0 Å². The van der Waals surface area contributed by atoms with E-state index < -0.39 is 47.3 Å². The summed E-state index contributed by atoms with van der Waals surface area (Å²) in [6.07, 6.45) is -2.16. The van der Waals surface area contributed by atoms with E-state index in [1.807, 2.05) is 27.7 Å². The lowest BCUT2D eigenvalue weighted by Crippen LogP contribution is -2.57. The van der Waals surface area contributed by atoms with Gasteiger partial charge in [-0.3, -0.25) is 10.1 Å². The van der Waals surface area contributed by atoms with E-state index in [0.717, 1.165) is 18.9 Å². The van der Waals surface area contributed by atoms with Crippen LogP contribution in [-0.2, 0) is 23.6 Å². The molecule has 0 saturated carbocycles. The Hall–Kier alpha value is -2.94. The van der Waals surface area contributed by atoms with Gasteiger partial charge in [0.2, 0.25) is 0 Å². The third kappa shape index (κ3) is 5.85. The number of aliphatic carboxylic acids is 2. The summed E-state index contributed by atoms with van der Waals surface area (Å²) >= 11 is 0. The normalized spacial score (nSPS) is 20.8. The van der Waals surface area contributed by atoms with Crippen molar-refractivity contribution in [1.82, 2.24) is 0 Å². The van der Waals surface area contributed by atoms with Gasteiger partial charge in [0, 0.05) is 12.5 Å². The molecule has 0 bridgehead atoms. The summed E-state index contributed by atoms with van der Waals surface area (Å²) in [7, 11) is 0. The summed E-state index contributed by atoms with van der Waals surface area (Å²) in [6, 6.07) is 5.11. The summed E-state index contributed by atoms with van der Waals surface area (Å²) in [4.78, 5) is 34.0. The minimum atomic E-state index is -3.19. The lowest BCUT2D eigenvalue weighted by molar-refractivity contribution is -0.384. The van der Waals surface area contributed by atoms with Crippen LogP contribution in [0.1, 0.15) is 47.0 Å². The number of hydrogen-bond acceptors (Lipinski definition) is 7. The molecule has 0 aliphatic carbocycles. The summed E-state index contributed by atoms with van der Waals surface area (Å²) in [5.74, 6) is 2.89. The van der Waals surface area contributed by atoms with Gasteiger partial charge < -0.3 is 24.2 Å². The van der Waals surface area contributed by atoms with Crippen molar-refractivity contribution in [1.29, 1.82) is 0 Å². The van der Waals surface area contributed by atoms with Gasteiger partial charge in [-0.25, -0.2) is 9.59 Å².